The minimum Gasteiger partial charge on any atom is -0.390 e. The van der Waals surface area contributed by atoms with Gasteiger partial charge in [0.2, 0.25) is 0 Å². The third-order valence-corrected chi connectivity index (χ3v) is 2.71. The van der Waals surface area contributed by atoms with Gasteiger partial charge in [-0.25, -0.2) is 9.59 Å². The van der Waals surface area contributed by atoms with E-state index in [0.29, 0.717) is 0 Å². The molecule has 98 valence electrons. The van der Waals surface area contributed by atoms with Crippen molar-refractivity contribution in [1.82, 2.24) is 0 Å². The van der Waals surface area contributed by atoms with E-state index in [9.17, 15) is 19.8 Å². The zero-order valence-electron chi connectivity index (χ0n) is 9.55. The summed E-state index contributed by atoms with van der Waals surface area (Å²) in [5.74, 6) is -1.53. The lowest BCUT2D eigenvalue weighted by Gasteiger charge is -2.16. The number of carbonyl (C=O) groups excluding carboxylic acids is 2. The molecule has 2 N–H and O–H groups in total. The molecule has 0 amide bonds. The molecule has 0 fully saturated rings. The monoisotopic (exact) mass is 263 g/mol. The largest absolute Gasteiger partial charge is 0.390 e. The van der Waals surface area contributed by atoms with Crippen LogP contribution < -0.4 is 0 Å². The lowest BCUT2D eigenvalue weighted by atomic mass is 9.99. The maximum atomic E-state index is 11.3. The van der Waals surface area contributed by atoms with E-state index in [-0.39, 0.29) is 23.2 Å². The van der Waals surface area contributed by atoms with E-state index >= 15 is 0 Å². The van der Waals surface area contributed by atoms with Crippen molar-refractivity contribution in [2.45, 2.75) is 12.2 Å². The van der Waals surface area contributed by atoms with Gasteiger partial charge in [-0.3, -0.25) is 0 Å². The van der Waals surface area contributed by atoms with Crippen molar-refractivity contribution >= 4 is 11.9 Å². The Bertz CT molecular complexity index is 594. The van der Waals surface area contributed by atoms with Gasteiger partial charge in [-0.15, -0.1) is 0 Å². The molecule has 0 bridgehead atoms. The van der Waals surface area contributed by atoms with E-state index in [1.165, 1.54) is 18.2 Å². The predicted octanol–water partition coefficient (Wildman–Crippen LogP) is 0.702. The van der Waals surface area contributed by atoms with E-state index in [4.69, 9.17) is 5.53 Å². The number of fused-ring (bicyclic) bond motifs is 1. The lowest BCUT2D eigenvalue weighted by Crippen LogP contribution is -2.21. The summed E-state index contributed by atoms with van der Waals surface area (Å²) >= 11 is 0. The summed E-state index contributed by atoms with van der Waals surface area (Å²) < 4.78 is 4.40. The maximum Gasteiger partial charge on any atom is 0.346 e. The second-order valence-corrected chi connectivity index (χ2v) is 3.91. The van der Waals surface area contributed by atoms with Crippen LogP contribution in [0.1, 0.15) is 32.4 Å². The van der Waals surface area contributed by atoms with E-state index in [1.54, 1.807) is 0 Å². The molecule has 2 atom stereocenters. The number of esters is 2. The van der Waals surface area contributed by atoms with Gasteiger partial charge >= 0.3 is 11.9 Å². The van der Waals surface area contributed by atoms with Crippen molar-refractivity contribution in [2.75, 3.05) is 6.54 Å². The molecule has 1 aromatic carbocycles. The number of hydrogen-bond acceptors (Lipinski definition) is 6. The van der Waals surface area contributed by atoms with Gasteiger partial charge in [0.1, 0.15) is 6.10 Å². The van der Waals surface area contributed by atoms with Gasteiger partial charge < -0.3 is 14.9 Å². The molecule has 1 aliphatic heterocycles. The van der Waals surface area contributed by atoms with Gasteiger partial charge in [0.05, 0.1) is 23.8 Å². The molecule has 2 unspecified atom stereocenters. The minimum absolute atomic E-state index is 0.0394. The fourth-order valence-corrected chi connectivity index (χ4v) is 1.73. The number of aliphatic hydroxyl groups is 2. The van der Waals surface area contributed by atoms with Crippen LogP contribution in [0.4, 0.5) is 0 Å². The Kier molecular flexibility index (Phi) is 3.48. The highest BCUT2D eigenvalue weighted by Crippen LogP contribution is 2.25. The average Bonchev–Trinajstić information content (AvgIpc) is 2.70. The Labute approximate surface area is 106 Å². The van der Waals surface area contributed by atoms with Crippen LogP contribution >= 0.6 is 0 Å². The standard InChI is InChI=1S/C11H9N3O5/c12-14-13-4-8(15)9(16)5-1-2-6-7(3-5)11(18)19-10(6)17/h1-3,8-9,15-16H,4H2. The molecular weight excluding hydrogens is 254 g/mol. The first-order chi connectivity index (χ1) is 9.04. The first-order valence-corrected chi connectivity index (χ1v) is 5.32. The van der Waals surface area contributed by atoms with Gasteiger partial charge in [0, 0.05) is 4.91 Å². The molecule has 1 heterocycles. The summed E-state index contributed by atoms with van der Waals surface area (Å²) in [5, 5.41) is 22.5. The highest BCUT2D eigenvalue weighted by Gasteiger charge is 2.31. The Hall–Kier alpha value is -2.41. The quantitative estimate of drug-likeness (QED) is 0.271. The molecular formula is C11H9N3O5. The number of carbonyl (C=O) groups is 2. The minimum atomic E-state index is -1.33. The summed E-state index contributed by atoms with van der Waals surface area (Å²) in [5.41, 5.74) is 8.51. The van der Waals surface area contributed by atoms with Crippen molar-refractivity contribution in [3.05, 3.63) is 45.3 Å². The van der Waals surface area contributed by atoms with Crippen molar-refractivity contribution in [3.63, 3.8) is 0 Å². The molecule has 0 aliphatic carbocycles. The van der Waals surface area contributed by atoms with E-state index in [1.807, 2.05) is 0 Å². The number of hydrogen-bond donors (Lipinski definition) is 2. The van der Waals surface area contributed by atoms with E-state index in [2.05, 4.69) is 14.8 Å². The molecule has 1 aliphatic rings. The number of rotatable bonds is 4. The average molecular weight is 263 g/mol. The second-order valence-electron chi connectivity index (χ2n) is 3.91. The van der Waals surface area contributed by atoms with Crippen molar-refractivity contribution in [1.29, 1.82) is 0 Å². The van der Waals surface area contributed by atoms with Gasteiger partial charge in [-0.2, -0.15) is 0 Å². The Balaban J connectivity index is 2.27. The molecule has 8 heteroatoms. The van der Waals surface area contributed by atoms with Gasteiger partial charge in [0.25, 0.3) is 0 Å². The maximum absolute atomic E-state index is 11.3. The summed E-state index contributed by atoms with van der Waals surface area (Å²) in [7, 11) is 0. The Morgan fingerprint density at radius 2 is 1.95 bits per heavy atom. The van der Waals surface area contributed by atoms with Crippen LogP contribution in [-0.4, -0.2) is 34.8 Å². The second kappa shape index (κ2) is 5.07. The first kappa shape index (κ1) is 13.0. The summed E-state index contributed by atoms with van der Waals surface area (Å²) in [6.45, 7) is -0.307. The Morgan fingerprint density at radius 3 is 2.63 bits per heavy atom. The molecule has 8 nitrogen and oxygen atoms in total. The highest BCUT2D eigenvalue weighted by atomic mass is 16.6. The van der Waals surface area contributed by atoms with Crippen molar-refractivity contribution in [2.24, 2.45) is 5.11 Å². The number of aliphatic hydroxyl groups excluding tert-OH is 2. The fourth-order valence-electron chi connectivity index (χ4n) is 1.73. The predicted molar refractivity (Wildman–Crippen MR) is 61.2 cm³/mol. The van der Waals surface area contributed by atoms with Gasteiger partial charge in [-0.05, 0) is 23.2 Å². The normalized spacial score (nSPS) is 16.3. The van der Waals surface area contributed by atoms with Crippen LogP contribution in [0.3, 0.4) is 0 Å². The summed E-state index contributed by atoms with van der Waals surface area (Å²) in [6, 6.07) is 4.00. The smallest absolute Gasteiger partial charge is 0.346 e. The topological polar surface area (TPSA) is 133 Å². The van der Waals surface area contributed by atoms with Crippen LogP contribution in [0.2, 0.25) is 0 Å². The summed E-state index contributed by atoms with van der Waals surface area (Å²) in [4.78, 5) is 25.0. The molecule has 0 saturated carbocycles. The zero-order chi connectivity index (χ0) is 14.0. The fraction of sp³-hybridized carbons (Fsp3) is 0.273. The van der Waals surface area contributed by atoms with Gasteiger partial charge in [0.15, 0.2) is 0 Å². The number of cyclic esters (lactones) is 2. The SMILES string of the molecule is [N-]=[N+]=NCC(O)C(O)c1ccc2c(c1)C(=O)OC2=O. The number of nitrogens with zero attached hydrogens (tertiary/aromatic N) is 3. The first-order valence-electron chi connectivity index (χ1n) is 5.32. The van der Waals surface area contributed by atoms with Crippen molar-refractivity contribution < 1.29 is 24.5 Å². The number of azide groups is 1. The third-order valence-electron chi connectivity index (χ3n) is 2.71. The molecule has 19 heavy (non-hydrogen) atoms. The third kappa shape index (κ3) is 2.41. The number of benzene rings is 1. The van der Waals surface area contributed by atoms with Crippen molar-refractivity contribution in [3.8, 4) is 0 Å². The molecule has 1 aromatic rings. The molecule has 0 spiro atoms. The molecule has 2 rings (SSSR count). The number of ether oxygens (including phenoxy) is 1. The lowest BCUT2D eigenvalue weighted by molar-refractivity contribution is 0.0243. The van der Waals surface area contributed by atoms with Crippen LogP contribution in [0, 0.1) is 0 Å². The zero-order valence-corrected chi connectivity index (χ0v) is 9.55. The van der Waals surface area contributed by atoms with E-state index < -0.39 is 24.1 Å². The highest BCUT2D eigenvalue weighted by molar-refractivity contribution is 6.14. The van der Waals surface area contributed by atoms with Crippen LogP contribution in [-0.2, 0) is 4.74 Å². The molecule has 0 radical (unpaired) electrons. The molecule has 0 aromatic heterocycles. The molecule has 0 saturated heterocycles. The van der Waals surface area contributed by atoms with Crippen LogP contribution in [0.15, 0.2) is 23.3 Å². The van der Waals surface area contributed by atoms with Crippen LogP contribution in [0.25, 0.3) is 10.4 Å². The van der Waals surface area contributed by atoms with E-state index in [0.717, 1.165) is 0 Å². The van der Waals surface area contributed by atoms with Crippen LogP contribution in [0.5, 0.6) is 0 Å². The Morgan fingerprint density at radius 1 is 1.26 bits per heavy atom. The summed E-state index contributed by atoms with van der Waals surface area (Å²) in [6.07, 6.45) is -2.64. The van der Waals surface area contributed by atoms with Gasteiger partial charge in [-0.1, -0.05) is 11.2 Å².